The van der Waals surface area contributed by atoms with Crippen LogP contribution >= 0.6 is 0 Å². The quantitative estimate of drug-likeness (QED) is 0.182. The number of imidazole rings is 1. The average Bonchev–Trinajstić information content (AvgIpc) is 3.24. The van der Waals surface area contributed by atoms with Crippen LogP contribution in [0, 0.1) is 0 Å². The van der Waals surface area contributed by atoms with Crippen LogP contribution in [0.2, 0.25) is 0 Å². The molecule has 0 radical (unpaired) electrons. The van der Waals surface area contributed by atoms with Gasteiger partial charge in [-0.1, -0.05) is 124 Å². The summed E-state index contributed by atoms with van der Waals surface area (Å²) in [5, 5.41) is 0. The predicted octanol–water partition coefficient (Wildman–Crippen LogP) is 10.00. The van der Waals surface area contributed by atoms with E-state index in [-0.39, 0.29) is 0 Å². The molecule has 2 unspecified atom stereocenters. The summed E-state index contributed by atoms with van der Waals surface area (Å²) < 4.78 is 2.51. The van der Waals surface area contributed by atoms with Crippen molar-refractivity contribution in [2.24, 2.45) is 0 Å². The van der Waals surface area contributed by atoms with Gasteiger partial charge in [0.15, 0.2) is 0 Å². The summed E-state index contributed by atoms with van der Waals surface area (Å²) in [6.07, 6.45) is 30.5. The highest BCUT2D eigenvalue weighted by Crippen LogP contribution is 2.29. The summed E-state index contributed by atoms with van der Waals surface area (Å²) in [5.74, 6) is 2.02. The molecule has 0 amide bonds. The molecule has 30 heavy (non-hydrogen) atoms. The minimum Gasteiger partial charge on any atom is -0.332 e. The standard InChI is InChI=1S/C28H54N2/c1-5-8-10-12-14-15-16-18-20-23-27(21-7-3)28-29-24-25-30(28)26(4)22-19-17-13-11-9-6-2/h24-27H,5-23H2,1-4H3. The van der Waals surface area contributed by atoms with Crippen LogP contribution in [0.3, 0.4) is 0 Å². The molecular weight excluding hydrogens is 364 g/mol. The third-order valence-electron chi connectivity index (χ3n) is 6.81. The molecular formula is C28H54N2. The molecule has 0 saturated carbocycles. The lowest BCUT2D eigenvalue weighted by Crippen LogP contribution is -2.13. The molecule has 0 bridgehead atoms. The molecule has 0 saturated heterocycles. The lowest BCUT2D eigenvalue weighted by Gasteiger charge is -2.22. The van der Waals surface area contributed by atoms with E-state index in [2.05, 4.69) is 38.5 Å². The minimum atomic E-state index is 0.594. The highest BCUT2D eigenvalue weighted by atomic mass is 15.1. The molecule has 1 heterocycles. The van der Waals surface area contributed by atoms with E-state index in [1.165, 1.54) is 128 Å². The Kier molecular flexibility index (Phi) is 17.2. The Hall–Kier alpha value is -0.790. The normalized spacial score (nSPS) is 13.6. The van der Waals surface area contributed by atoms with Crippen molar-refractivity contribution in [3.63, 3.8) is 0 Å². The van der Waals surface area contributed by atoms with E-state index in [1.54, 1.807) is 0 Å². The third-order valence-corrected chi connectivity index (χ3v) is 6.81. The van der Waals surface area contributed by atoms with Gasteiger partial charge in [-0.3, -0.25) is 0 Å². The van der Waals surface area contributed by atoms with E-state index in [0.29, 0.717) is 12.0 Å². The van der Waals surface area contributed by atoms with Gasteiger partial charge in [0.05, 0.1) is 0 Å². The van der Waals surface area contributed by atoms with Gasteiger partial charge in [-0.25, -0.2) is 4.98 Å². The topological polar surface area (TPSA) is 17.8 Å². The molecule has 0 N–H and O–H groups in total. The van der Waals surface area contributed by atoms with Crippen molar-refractivity contribution in [1.82, 2.24) is 9.55 Å². The first-order valence-corrected chi connectivity index (χ1v) is 13.8. The zero-order chi connectivity index (χ0) is 21.9. The summed E-state index contributed by atoms with van der Waals surface area (Å²) in [6.45, 7) is 9.33. The van der Waals surface area contributed by atoms with Crippen molar-refractivity contribution >= 4 is 0 Å². The molecule has 0 aromatic carbocycles. The number of unbranched alkanes of at least 4 members (excludes halogenated alkanes) is 13. The molecule has 0 aliphatic carbocycles. The predicted molar refractivity (Wildman–Crippen MR) is 134 cm³/mol. The van der Waals surface area contributed by atoms with Crippen LogP contribution in [0.25, 0.3) is 0 Å². The van der Waals surface area contributed by atoms with E-state index >= 15 is 0 Å². The van der Waals surface area contributed by atoms with Crippen molar-refractivity contribution in [3.8, 4) is 0 Å². The Labute approximate surface area is 189 Å². The van der Waals surface area contributed by atoms with Crippen molar-refractivity contribution in [2.45, 2.75) is 162 Å². The third kappa shape index (κ3) is 12.2. The van der Waals surface area contributed by atoms with Crippen LogP contribution in [-0.4, -0.2) is 9.55 Å². The molecule has 0 spiro atoms. The van der Waals surface area contributed by atoms with E-state index in [4.69, 9.17) is 4.98 Å². The first kappa shape index (κ1) is 27.2. The first-order valence-electron chi connectivity index (χ1n) is 13.8. The molecule has 2 nitrogen and oxygen atoms in total. The van der Waals surface area contributed by atoms with Crippen LogP contribution in [0.1, 0.15) is 167 Å². The van der Waals surface area contributed by atoms with Crippen LogP contribution in [0.5, 0.6) is 0 Å². The SMILES string of the molecule is CCCCCCCCCCCC(CCC)c1nccn1C(C)CCCCCCCC. The Balaban J connectivity index is 2.35. The van der Waals surface area contributed by atoms with Gasteiger partial charge in [-0.05, 0) is 26.2 Å². The molecule has 176 valence electrons. The highest BCUT2D eigenvalue weighted by molar-refractivity contribution is 5.02. The molecule has 0 fully saturated rings. The van der Waals surface area contributed by atoms with E-state index in [0.717, 1.165) is 0 Å². The lowest BCUT2D eigenvalue weighted by molar-refractivity contribution is 0.419. The zero-order valence-electron chi connectivity index (χ0n) is 21.1. The van der Waals surface area contributed by atoms with Crippen LogP contribution < -0.4 is 0 Å². The smallest absolute Gasteiger partial charge is 0.111 e. The highest BCUT2D eigenvalue weighted by Gasteiger charge is 2.18. The minimum absolute atomic E-state index is 0.594. The Morgan fingerprint density at radius 1 is 0.633 bits per heavy atom. The zero-order valence-corrected chi connectivity index (χ0v) is 21.1. The maximum Gasteiger partial charge on any atom is 0.111 e. The molecule has 1 rings (SSSR count). The number of hydrogen-bond acceptors (Lipinski definition) is 1. The molecule has 0 aliphatic rings. The average molecular weight is 419 g/mol. The van der Waals surface area contributed by atoms with E-state index in [1.807, 2.05) is 6.20 Å². The van der Waals surface area contributed by atoms with Gasteiger partial charge in [-0.2, -0.15) is 0 Å². The van der Waals surface area contributed by atoms with Gasteiger partial charge < -0.3 is 4.57 Å². The van der Waals surface area contributed by atoms with Crippen LogP contribution in [-0.2, 0) is 0 Å². The molecule has 1 aromatic rings. The summed E-state index contributed by atoms with van der Waals surface area (Å²) in [4.78, 5) is 4.84. The summed E-state index contributed by atoms with van der Waals surface area (Å²) in [5.41, 5.74) is 0. The van der Waals surface area contributed by atoms with Crippen molar-refractivity contribution in [2.75, 3.05) is 0 Å². The molecule has 1 aromatic heterocycles. The second-order valence-corrected chi connectivity index (χ2v) is 9.70. The Bertz CT molecular complexity index is 479. The molecule has 2 atom stereocenters. The summed E-state index contributed by atoms with van der Waals surface area (Å²) in [6, 6.07) is 0.594. The summed E-state index contributed by atoms with van der Waals surface area (Å²) >= 11 is 0. The monoisotopic (exact) mass is 418 g/mol. The van der Waals surface area contributed by atoms with E-state index in [9.17, 15) is 0 Å². The van der Waals surface area contributed by atoms with Gasteiger partial charge >= 0.3 is 0 Å². The first-order chi connectivity index (χ1) is 14.7. The Morgan fingerprint density at radius 3 is 1.67 bits per heavy atom. The lowest BCUT2D eigenvalue weighted by atomic mass is 9.94. The van der Waals surface area contributed by atoms with Gasteiger partial charge in [0.2, 0.25) is 0 Å². The van der Waals surface area contributed by atoms with E-state index < -0.39 is 0 Å². The van der Waals surface area contributed by atoms with Gasteiger partial charge in [0, 0.05) is 24.4 Å². The van der Waals surface area contributed by atoms with Crippen molar-refractivity contribution in [1.29, 1.82) is 0 Å². The van der Waals surface area contributed by atoms with Gasteiger partial charge in [0.1, 0.15) is 5.82 Å². The molecule has 0 aliphatic heterocycles. The van der Waals surface area contributed by atoms with Crippen molar-refractivity contribution < 1.29 is 0 Å². The van der Waals surface area contributed by atoms with Crippen molar-refractivity contribution in [3.05, 3.63) is 18.2 Å². The maximum atomic E-state index is 4.84. The number of hydrogen-bond donors (Lipinski definition) is 0. The number of nitrogens with zero attached hydrogens (tertiary/aromatic N) is 2. The number of rotatable bonds is 21. The fourth-order valence-corrected chi connectivity index (χ4v) is 4.83. The second-order valence-electron chi connectivity index (χ2n) is 9.70. The van der Waals surface area contributed by atoms with Gasteiger partial charge in [0.25, 0.3) is 0 Å². The molecule has 2 heteroatoms. The summed E-state index contributed by atoms with van der Waals surface area (Å²) in [7, 11) is 0. The second kappa shape index (κ2) is 18.9. The fourth-order valence-electron chi connectivity index (χ4n) is 4.83. The van der Waals surface area contributed by atoms with Crippen LogP contribution in [0.4, 0.5) is 0 Å². The van der Waals surface area contributed by atoms with Crippen LogP contribution in [0.15, 0.2) is 12.4 Å². The Morgan fingerprint density at radius 2 is 1.13 bits per heavy atom. The maximum absolute atomic E-state index is 4.84. The van der Waals surface area contributed by atoms with Gasteiger partial charge in [-0.15, -0.1) is 0 Å². The fraction of sp³-hybridized carbons (Fsp3) is 0.893. The largest absolute Gasteiger partial charge is 0.332 e. The number of aromatic nitrogens is 2.